The van der Waals surface area contributed by atoms with Crippen molar-refractivity contribution < 1.29 is 9.21 Å². The molecule has 6 heteroatoms. The summed E-state index contributed by atoms with van der Waals surface area (Å²) < 4.78 is 5.67. The van der Waals surface area contributed by atoms with Gasteiger partial charge in [0.1, 0.15) is 0 Å². The molecule has 0 radical (unpaired) electrons. The molecule has 1 heterocycles. The van der Waals surface area contributed by atoms with Crippen molar-refractivity contribution in [3.8, 4) is 11.5 Å². The molecular formula is C21H23N3O2S. The molecule has 27 heavy (non-hydrogen) atoms. The summed E-state index contributed by atoms with van der Waals surface area (Å²) in [4.78, 5) is 14.7. The summed E-state index contributed by atoms with van der Waals surface area (Å²) in [6.45, 7) is 6.69. The molecule has 0 saturated carbocycles. The molecule has 3 rings (SSSR count). The van der Waals surface area contributed by atoms with Crippen molar-refractivity contribution in [2.75, 3.05) is 5.75 Å². The molecule has 0 aliphatic carbocycles. The quantitative estimate of drug-likeness (QED) is 0.582. The van der Waals surface area contributed by atoms with Crippen molar-refractivity contribution >= 4 is 17.7 Å². The predicted octanol–water partition coefficient (Wildman–Crippen LogP) is 4.66. The maximum Gasteiger partial charge on any atom is 0.277 e. The van der Waals surface area contributed by atoms with Gasteiger partial charge in [-0.2, -0.15) is 0 Å². The molecule has 1 amide bonds. The number of rotatable bonds is 6. The van der Waals surface area contributed by atoms with Gasteiger partial charge in [0.2, 0.25) is 11.8 Å². The molecule has 0 saturated heterocycles. The molecule has 1 aromatic heterocycles. The molecule has 0 aliphatic rings. The van der Waals surface area contributed by atoms with Crippen LogP contribution in [0.25, 0.3) is 11.5 Å². The topological polar surface area (TPSA) is 59.2 Å². The zero-order chi connectivity index (χ0) is 19.3. The number of carbonyl (C=O) groups excluding carboxylic acids is 1. The van der Waals surface area contributed by atoms with E-state index in [1.54, 1.807) is 0 Å². The van der Waals surface area contributed by atoms with Crippen molar-refractivity contribution in [1.29, 1.82) is 0 Å². The lowest BCUT2D eigenvalue weighted by Crippen LogP contribution is -2.45. The number of nitrogens with zero attached hydrogens (tertiary/aromatic N) is 3. The minimum absolute atomic E-state index is 0.0378. The van der Waals surface area contributed by atoms with Crippen LogP contribution in [-0.2, 0) is 11.3 Å². The molecule has 0 atom stereocenters. The van der Waals surface area contributed by atoms with Crippen LogP contribution in [0.4, 0.5) is 0 Å². The van der Waals surface area contributed by atoms with Crippen molar-refractivity contribution in [3.05, 3.63) is 66.2 Å². The highest BCUT2D eigenvalue weighted by Gasteiger charge is 2.27. The number of thioether (sulfide) groups is 1. The van der Waals surface area contributed by atoms with E-state index < -0.39 is 0 Å². The van der Waals surface area contributed by atoms with E-state index >= 15 is 0 Å². The van der Waals surface area contributed by atoms with E-state index in [1.807, 2.05) is 86.3 Å². The largest absolute Gasteiger partial charge is 0.411 e. The fraction of sp³-hybridized carbons (Fsp3) is 0.286. The normalized spacial score (nSPS) is 11.4. The summed E-state index contributed by atoms with van der Waals surface area (Å²) >= 11 is 1.27. The van der Waals surface area contributed by atoms with Crippen LogP contribution in [0, 0.1) is 0 Å². The van der Waals surface area contributed by atoms with E-state index in [1.165, 1.54) is 11.8 Å². The highest BCUT2D eigenvalue weighted by atomic mass is 32.2. The lowest BCUT2D eigenvalue weighted by atomic mass is 10.0. The van der Waals surface area contributed by atoms with Gasteiger partial charge in [-0.3, -0.25) is 4.79 Å². The van der Waals surface area contributed by atoms with Crippen molar-refractivity contribution in [2.45, 2.75) is 38.1 Å². The van der Waals surface area contributed by atoms with Gasteiger partial charge in [0.25, 0.3) is 5.22 Å². The first kappa shape index (κ1) is 19.2. The van der Waals surface area contributed by atoms with E-state index in [9.17, 15) is 4.79 Å². The number of hydrogen-bond donors (Lipinski definition) is 0. The monoisotopic (exact) mass is 381 g/mol. The Morgan fingerprint density at radius 2 is 1.63 bits per heavy atom. The minimum atomic E-state index is -0.280. The maximum absolute atomic E-state index is 12.9. The van der Waals surface area contributed by atoms with Crippen LogP contribution in [0.3, 0.4) is 0 Å². The van der Waals surface area contributed by atoms with Crippen LogP contribution in [-0.4, -0.2) is 32.3 Å². The molecule has 3 aromatic rings. The second-order valence-corrected chi connectivity index (χ2v) is 8.09. The van der Waals surface area contributed by atoms with Gasteiger partial charge in [-0.1, -0.05) is 60.3 Å². The van der Waals surface area contributed by atoms with E-state index in [2.05, 4.69) is 10.2 Å². The van der Waals surface area contributed by atoms with Gasteiger partial charge in [0, 0.05) is 17.6 Å². The van der Waals surface area contributed by atoms with Gasteiger partial charge in [-0.05, 0) is 38.5 Å². The molecule has 0 spiro atoms. The first-order valence-corrected chi connectivity index (χ1v) is 9.78. The summed E-state index contributed by atoms with van der Waals surface area (Å²) in [6, 6.07) is 19.6. The highest BCUT2D eigenvalue weighted by Crippen LogP contribution is 2.25. The Hall–Kier alpha value is -2.60. The molecule has 0 unspecified atom stereocenters. The standard InChI is InChI=1S/C21H23N3O2S/c1-21(2,3)24(14-16-10-6-4-7-11-16)18(25)15-27-20-23-22-19(26-20)17-12-8-5-9-13-17/h4-13H,14-15H2,1-3H3. The Bertz CT molecular complexity index is 873. The van der Waals surface area contributed by atoms with Gasteiger partial charge in [-0.15, -0.1) is 10.2 Å². The third kappa shape index (κ3) is 5.20. The first-order chi connectivity index (χ1) is 12.9. The maximum atomic E-state index is 12.9. The SMILES string of the molecule is CC(C)(C)N(Cc1ccccc1)C(=O)CSc1nnc(-c2ccccc2)o1. The van der Waals surface area contributed by atoms with Gasteiger partial charge in [0.05, 0.1) is 5.75 Å². The Morgan fingerprint density at radius 1 is 1.00 bits per heavy atom. The van der Waals surface area contributed by atoms with E-state index in [4.69, 9.17) is 4.42 Å². The second kappa shape index (κ2) is 8.39. The van der Waals surface area contributed by atoms with E-state index in [0.717, 1.165) is 11.1 Å². The van der Waals surface area contributed by atoms with Gasteiger partial charge < -0.3 is 9.32 Å². The summed E-state index contributed by atoms with van der Waals surface area (Å²) in [5.74, 6) is 0.749. The summed E-state index contributed by atoms with van der Waals surface area (Å²) in [5.41, 5.74) is 1.69. The van der Waals surface area contributed by atoms with Crippen LogP contribution in [0.1, 0.15) is 26.3 Å². The lowest BCUT2D eigenvalue weighted by molar-refractivity contribution is -0.133. The summed E-state index contributed by atoms with van der Waals surface area (Å²) in [7, 11) is 0. The third-order valence-corrected chi connectivity index (χ3v) is 4.84. The number of carbonyl (C=O) groups is 1. The molecule has 0 fully saturated rings. The number of aromatic nitrogens is 2. The van der Waals surface area contributed by atoms with Gasteiger partial charge in [0.15, 0.2) is 0 Å². The number of amides is 1. The Morgan fingerprint density at radius 3 is 2.26 bits per heavy atom. The average molecular weight is 382 g/mol. The zero-order valence-electron chi connectivity index (χ0n) is 15.8. The second-order valence-electron chi connectivity index (χ2n) is 7.16. The van der Waals surface area contributed by atoms with Crippen molar-refractivity contribution in [2.24, 2.45) is 0 Å². The molecule has 140 valence electrons. The van der Waals surface area contributed by atoms with Gasteiger partial charge in [-0.25, -0.2) is 0 Å². The van der Waals surface area contributed by atoms with Crippen LogP contribution in [0.5, 0.6) is 0 Å². The van der Waals surface area contributed by atoms with Crippen molar-refractivity contribution in [1.82, 2.24) is 15.1 Å². The van der Waals surface area contributed by atoms with E-state index in [0.29, 0.717) is 17.7 Å². The van der Waals surface area contributed by atoms with Crippen molar-refractivity contribution in [3.63, 3.8) is 0 Å². The van der Waals surface area contributed by atoms with Gasteiger partial charge >= 0.3 is 0 Å². The number of hydrogen-bond acceptors (Lipinski definition) is 5. The Labute approximate surface area is 163 Å². The summed E-state index contributed by atoms with van der Waals surface area (Å²) in [5, 5.41) is 8.51. The highest BCUT2D eigenvalue weighted by molar-refractivity contribution is 7.99. The Kier molecular flexibility index (Phi) is 5.96. The average Bonchev–Trinajstić information content (AvgIpc) is 3.14. The Balaban J connectivity index is 1.65. The lowest BCUT2D eigenvalue weighted by Gasteiger charge is -2.35. The molecule has 0 N–H and O–H groups in total. The smallest absolute Gasteiger partial charge is 0.277 e. The fourth-order valence-corrected chi connectivity index (χ4v) is 3.27. The molecular weight excluding hydrogens is 358 g/mol. The third-order valence-electron chi connectivity index (χ3n) is 4.04. The summed E-state index contributed by atoms with van der Waals surface area (Å²) in [6.07, 6.45) is 0. The molecule has 0 bridgehead atoms. The number of benzene rings is 2. The fourth-order valence-electron chi connectivity index (χ4n) is 2.63. The van der Waals surface area contributed by atoms with Crippen LogP contribution in [0.15, 0.2) is 70.3 Å². The predicted molar refractivity (Wildman–Crippen MR) is 107 cm³/mol. The molecule has 2 aromatic carbocycles. The first-order valence-electron chi connectivity index (χ1n) is 8.79. The zero-order valence-corrected chi connectivity index (χ0v) is 16.6. The molecule has 5 nitrogen and oxygen atoms in total. The van der Waals surface area contributed by atoms with Crippen LogP contribution < -0.4 is 0 Å². The van der Waals surface area contributed by atoms with Crippen LogP contribution >= 0.6 is 11.8 Å². The minimum Gasteiger partial charge on any atom is -0.411 e. The molecule has 0 aliphatic heterocycles. The van der Waals surface area contributed by atoms with E-state index in [-0.39, 0.29) is 17.2 Å². The van der Waals surface area contributed by atoms with Crippen LogP contribution in [0.2, 0.25) is 0 Å².